The highest BCUT2D eigenvalue weighted by Crippen LogP contribution is 2.26. The predicted molar refractivity (Wildman–Crippen MR) is 82.9 cm³/mol. The first-order valence-electron chi connectivity index (χ1n) is 8.16. The van der Waals surface area contributed by atoms with Crippen LogP contribution in [0.2, 0.25) is 0 Å². The molecule has 1 amide bonds. The van der Waals surface area contributed by atoms with E-state index in [-0.39, 0.29) is 11.9 Å². The topological polar surface area (TPSA) is 58.6 Å². The molecule has 0 saturated heterocycles. The van der Waals surface area contributed by atoms with Crippen molar-refractivity contribution >= 4 is 11.9 Å². The summed E-state index contributed by atoms with van der Waals surface area (Å²) >= 11 is 0. The zero-order valence-corrected chi connectivity index (χ0v) is 13.7. The molecule has 0 bridgehead atoms. The molecule has 1 saturated carbocycles. The molecule has 5 nitrogen and oxygen atoms in total. The van der Waals surface area contributed by atoms with E-state index in [1.807, 2.05) is 11.9 Å². The van der Waals surface area contributed by atoms with E-state index in [0.29, 0.717) is 38.6 Å². The number of ether oxygens (including phenoxy) is 1. The Labute approximate surface area is 128 Å². The number of carbonyl (C=O) groups excluding carboxylic acids is 2. The standard InChI is InChI=1S/C16H30N2O3/c1-4-21-16(20)6-5-11-17-12-15(19)18(3)14-9-7-13(2)8-10-14/h13-14,17H,4-12H2,1-3H3. The van der Waals surface area contributed by atoms with Gasteiger partial charge in [-0.2, -0.15) is 0 Å². The highest BCUT2D eigenvalue weighted by Gasteiger charge is 2.24. The molecule has 1 fully saturated rings. The monoisotopic (exact) mass is 298 g/mol. The van der Waals surface area contributed by atoms with Gasteiger partial charge in [0.2, 0.25) is 5.91 Å². The van der Waals surface area contributed by atoms with Crippen molar-refractivity contribution in [1.82, 2.24) is 10.2 Å². The van der Waals surface area contributed by atoms with Crippen LogP contribution in [0.4, 0.5) is 0 Å². The van der Waals surface area contributed by atoms with Crippen molar-refractivity contribution in [3.05, 3.63) is 0 Å². The van der Waals surface area contributed by atoms with Gasteiger partial charge in [-0.3, -0.25) is 9.59 Å². The quantitative estimate of drug-likeness (QED) is 0.550. The highest BCUT2D eigenvalue weighted by molar-refractivity contribution is 5.78. The number of nitrogens with one attached hydrogen (secondary N) is 1. The largest absolute Gasteiger partial charge is 0.466 e. The van der Waals surface area contributed by atoms with Gasteiger partial charge in [-0.05, 0) is 51.5 Å². The highest BCUT2D eigenvalue weighted by atomic mass is 16.5. The van der Waals surface area contributed by atoms with E-state index >= 15 is 0 Å². The molecular weight excluding hydrogens is 268 g/mol. The summed E-state index contributed by atoms with van der Waals surface area (Å²) in [4.78, 5) is 25.1. The van der Waals surface area contributed by atoms with Crippen LogP contribution >= 0.6 is 0 Å². The van der Waals surface area contributed by atoms with Crippen LogP contribution in [0.15, 0.2) is 0 Å². The second-order valence-electron chi connectivity index (χ2n) is 6.00. The van der Waals surface area contributed by atoms with Gasteiger partial charge < -0.3 is 15.0 Å². The third kappa shape index (κ3) is 6.93. The molecule has 1 aliphatic carbocycles. The third-order valence-corrected chi connectivity index (χ3v) is 4.24. The average Bonchev–Trinajstić information content (AvgIpc) is 2.47. The van der Waals surface area contributed by atoms with Crippen molar-refractivity contribution in [2.45, 2.75) is 58.4 Å². The molecule has 0 aromatic carbocycles. The normalized spacial score (nSPS) is 21.9. The van der Waals surface area contributed by atoms with Crippen LogP contribution < -0.4 is 5.32 Å². The van der Waals surface area contributed by atoms with Crippen molar-refractivity contribution in [3.8, 4) is 0 Å². The zero-order chi connectivity index (χ0) is 15.7. The lowest BCUT2D eigenvalue weighted by Gasteiger charge is -2.33. The van der Waals surface area contributed by atoms with Crippen LogP contribution in [0.1, 0.15) is 52.4 Å². The average molecular weight is 298 g/mol. The summed E-state index contributed by atoms with van der Waals surface area (Å²) in [6.07, 6.45) is 5.78. The lowest BCUT2D eigenvalue weighted by Crippen LogP contribution is -2.43. The van der Waals surface area contributed by atoms with Gasteiger partial charge in [0.25, 0.3) is 0 Å². The summed E-state index contributed by atoms with van der Waals surface area (Å²) in [5, 5.41) is 3.11. The first-order chi connectivity index (χ1) is 10.0. The minimum Gasteiger partial charge on any atom is -0.466 e. The van der Waals surface area contributed by atoms with Gasteiger partial charge in [0.1, 0.15) is 0 Å². The molecule has 0 spiro atoms. The van der Waals surface area contributed by atoms with Crippen LogP contribution in [-0.4, -0.2) is 49.6 Å². The van der Waals surface area contributed by atoms with E-state index < -0.39 is 0 Å². The molecule has 0 aliphatic heterocycles. The molecule has 0 heterocycles. The van der Waals surface area contributed by atoms with E-state index in [4.69, 9.17) is 4.74 Å². The summed E-state index contributed by atoms with van der Waals surface area (Å²) < 4.78 is 4.85. The van der Waals surface area contributed by atoms with Gasteiger partial charge in [-0.25, -0.2) is 0 Å². The summed E-state index contributed by atoms with van der Waals surface area (Å²) in [7, 11) is 1.91. The van der Waals surface area contributed by atoms with Crippen molar-refractivity contribution in [1.29, 1.82) is 0 Å². The van der Waals surface area contributed by atoms with Gasteiger partial charge in [0.15, 0.2) is 0 Å². The maximum absolute atomic E-state index is 12.1. The van der Waals surface area contributed by atoms with Crippen molar-refractivity contribution < 1.29 is 14.3 Å². The molecular formula is C16H30N2O3. The molecule has 0 aromatic rings. The van der Waals surface area contributed by atoms with Crippen LogP contribution in [0.25, 0.3) is 0 Å². The first-order valence-corrected chi connectivity index (χ1v) is 8.16. The van der Waals surface area contributed by atoms with Crippen molar-refractivity contribution in [2.75, 3.05) is 26.7 Å². The second-order valence-corrected chi connectivity index (χ2v) is 6.00. The number of amides is 1. The molecule has 0 aromatic heterocycles. The Morgan fingerprint density at radius 1 is 1.24 bits per heavy atom. The number of esters is 1. The maximum atomic E-state index is 12.1. The molecule has 1 N–H and O–H groups in total. The lowest BCUT2D eigenvalue weighted by molar-refractivity contribution is -0.143. The SMILES string of the molecule is CCOC(=O)CCCNCC(=O)N(C)C1CCC(C)CC1. The van der Waals surface area contributed by atoms with Crippen LogP contribution in [0, 0.1) is 5.92 Å². The molecule has 21 heavy (non-hydrogen) atoms. The van der Waals surface area contributed by atoms with E-state index in [2.05, 4.69) is 12.2 Å². The Kier molecular flexibility index (Phi) is 8.35. The van der Waals surface area contributed by atoms with Gasteiger partial charge in [-0.1, -0.05) is 6.92 Å². The molecule has 0 atom stereocenters. The van der Waals surface area contributed by atoms with E-state index in [9.17, 15) is 9.59 Å². The molecule has 1 rings (SSSR count). The third-order valence-electron chi connectivity index (χ3n) is 4.24. The minimum absolute atomic E-state index is 0.144. The van der Waals surface area contributed by atoms with E-state index in [0.717, 1.165) is 18.8 Å². The smallest absolute Gasteiger partial charge is 0.305 e. The van der Waals surface area contributed by atoms with Crippen LogP contribution in [-0.2, 0) is 14.3 Å². The fraction of sp³-hybridized carbons (Fsp3) is 0.875. The first kappa shape index (κ1) is 18.0. The Hall–Kier alpha value is -1.10. The summed E-state index contributed by atoms with van der Waals surface area (Å²) in [5.74, 6) is 0.774. The second kappa shape index (κ2) is 9.77. The van der Waals surface area contributed by atoms with Crippen molar-refractivity contribution in [2.24, 2.45) is 5.92 Å². The maximum Gasteiger partial charge on any atom is 0.305 e. The number of carbonyl (C=O) groups is 2. The fourth-order valence-electron chi connectivity index (χ4n) is 2.74. The van der Waals surface area contributed by atoms with Gasteiger partial charge in [0.05, 0.1) is 13.2 Å². The number of rotatable bonds is 8. The van der Waals surface area contributed by atoms with Crippen LogP contribution in [0.5, 0.6) is 0 Å². The fourth-order valence-corrected chi connectivity index (χ4v) is 2.74. The lowest BCUT2D eigenvalue weighted by atomic mass is 9.87. The summed E-state index contributed by atoms with van der Waals surface area (Å²) in [6.45, 7) is 5.53. The molecule has 1 aliphatic rings. The van der Waals surface area contributed by atoms with Crippen LogP contribution in [0.3, 0.4) is 0 Å². The Morgan fingerprint density at radius 3 is 2.52 bits per heavy atom. The minimum atomic E-state index is -0.168. The number of nitrogens with zero attached hydrogens (tertiary/aromatic N) is 1. The number of likely N-dealkylation sites (N-methyl/N-ethyl adjacent to an activating group) is 1. The Morgan fingerprint density at radius 2 is 1.90 bits per heavy atom. The van der Waals surface area contributed by atoms with E-state index in [1.165, 1.54) is 12.8 Å². The number of hydrogen-bond donors (Lipinski definition) is 1. The Balaban J connectivity index is 2.11. The Bertz CT molecular complexity index is 325. The van der Waals surface area contributed by atoms with Gasteiger partial charge in [-0.15, -0.1) is 0 Å². The van der Waals surface area contributed by atoms with Crippen molar-refractivity contribution in [3.63, 3.8) is 0 Å². The number of hydrogen-bond acceptors (Lipinski definition) is 4. The van der Waals surface area contributed by atoms with E-state index in [1.54, 1.807) is 6.92 Å². The molecule has 5 heteroatoms. The molecule has 0 radical (unpaired) electrons. The molecule has 122 valence electrons. The van der Waals surface area contributed by atoms with Gasteiger partial charge >= 0.3 is 5.97 Å². The molecule has 0 unspecified atom stereocenters. The summed E-state index contributed by atoms with van der Waals surface area (Å²) in [5.41, 5.74) is 0. The zero-order valence-electron chi connectivity index (χ0n) is 13.7. The predicted octanol–water partition coefficient (Wildman–Crippen LogP) is 1.96. The van der Waals surface area contributed by atoms with Gasteiger partial charge in [0, 0.05) is 19.5 Å². The summed E-state index contributed by atoms with van der Waals surface area (Å²) in [6, 6.07) is 0.398.